The summed E-state index contributed by atoms with van der Waals surface area (Å²) in [4.78, 5) is 0. The third-order valence-corrected chi connectivity index (χ3v) is 0. The SMILES string of the molecule is [CH3-].[Cl][Nb]([Cl])([Cl])[Cl]. The molecule has 0 atom stereocenters. The minimum atomic E-state index is -3.21. The molecule has 0 N–H and O–H groups in total. The van der Waals surface area contributed by atoms with Crippen molar-refractivity contribution in [1.29, 1.82) is 0 Å². The molecule has 0 heterocycles. The summed E-state index contributed by atoms with van der Waals surface area (Å²) in [6.45, 7) is 0. The monoisotopic (exact) mass is 248 g/mol. The molecule has 0 aliphatic heterocycles. The third kappa shape index (κ3) is 39.2. The second-order valence-corrected chi connectivity index (χ2v) is 20.4. The second-order valence-electron chi connectivity index (χ2n) is 0.383. The summed E-state index contributed by atoms with van der Waals surface area (Å²) in [7, 11) is 20.1. The van der Waals surface area contributed by atoms with Crippen molar-refractivity contribution < 1.29 is 12.8 Å². The van der Waals surface area contributed by atoms with Crippen LogP contribution >= 0.6 is 36.8 Å². The van der Waals surface area contributed by atoms with Gasteiger partial charge in [0.15, 0.2) is 0 Å². The summed E-state index contributed by atoms with van der Waals surface area (Å²) in [5, 5.41) is 0. The first-order valence-electron chi connectivity index (χ1n) is 0.676. The Morgan fingerprint density at radius 2 is 0.833 bits per heavy atom. The Kier molecular flexibility index (Phi) is 6.93. The summed E-state index contributed by atoms with van der Waals surface area (Å²) in [6.07, 6.45) is 0. The van der Waals surface area contributed by atoms with Crippen LogP contribution in [0.3, 0.4) is 0 Å². The van der Waals surface area contributed by atoms with Gasteiger partial charge in [0.05, 0.1) is 0 Å². The van der Waals surface area contributed by atoms with Gasteiger partial charge >= 0.3 is 49.6 Å². The standard InChI is InChI=1S/CH3.4ClH.Nb/h1H3;4*1H;/q-1;;;;;+4/p-4. The third-order valence-electron chi connectivity index (χ3n) is 0. The fourth-order valence-corrected chi connectivity index (χ4v) is 0. The molecule has 0 aromatic heterocycles. The van der Waals surface area contributed by atoms with E-state index in [1.165, 1.54) is 0 Å². The fourth-order valence-electron chi connectivity index (χ4n) is 0. The van der Waals surface area contributed by atoms with E-state index in [1.54, 1.807) is 0 Å². The van der Waals surface area contributed by atoms with Crippen LogP contribution in [-0.2, 0) is 12.8 Å². The van der Waals surface area contributed by atoms with Gasteiger partial charge in [-0.2, -0.15) is 0 Å². The first kappa shape index (κ1) is 10.8. The molecule has 0 aromatic carbocycles. The maximum atomic E-state index is 5.03. The molecule has 0 aliphatic carbocycles. The molecule has 0 amide bonds. The van der Waals surface area contributed by atoms with Crippen molar-refractivity contribution in [3.05, 3.63) is 7.43 Å². The second kappa shape index (κ2) is 3.85. The first-order valence-corrected chi connectivity index (χ1v) is 12.0. The Balaban J connectivity index is 0. The fraction of sp³-hybridized carbons (Fsp3) is 0. The van der Waals surface area contributed by atoms with Crippen LogP contribution in [0.15, 0.2) is 0 Å². The van der Waals surface area contributed by atoms with Crippen LogP contribution in [0.4, 0.5) is 0 Å². The predicted octanol–water partition coefficient (Wildman–Crippen LogP) is 3.21. The van der Waals surface area contributed by atoms with Crippen molar-refractivity contribution in [2.24, 2.45) is 0 Å². The van der Waals surface area contributed by atoms with Gasteiger partial charge in [-0.25, -0.2) is 0 Å². The molecule has 5 heteroatoms. The molecule has 0 bridgehead atoms. The van der Waals surface area contributed by atoms with Gasteiger partial charge < -0.3 is 7.43 Å². The summed E-state index contributed by atoms with van der Waals surface area (Å²) >= 11 is -3.21. The average molecular weight is 250 g/mol. The van der Waals surface area contributed by atoms with Gasteiger partial charge in [-0.15, -0.1) is 0 Å². The van der Waals surface area contributed by atoms with Crippen LogP contribution in [0.1, 0.15) is 0 Å². The normalized spacial score (nSPS) is 10.0. The van der Waals surface area contributed by atoms with E-state index in [-0.39, 0.29) is 7.43 Å². The van der Waals surface area contributed by atoms with E-state index < -0.39 is 12.8 Å². The predicted molar refractivity (Wildman–Crippen MR) is 29.8 cm³/mol. The van der Waals surface area contributed by atoms with Gasteiger partial charge in [0, 0.05) is 0 Å². The molecular formula is CH3Cl4Nb-. The Hall–Kier alpha value is 1.90. The van der Waals surface area contributed by atoms with Gasteiger partial charge in [0.2, 0.25) is 0 Å². The van der Waals surface area contributed by atoms with Gasteiger partial charge in [-0.05, 0) is 0 Å². The van der Waals surface area contributed by atoms with Crippen LogP contribution in [-0.4, -0.2) is 0 Å². The molecule has 0 unspecified atom stereocenters. The Morgan fingerprint density at radius 1 is 0.833 bits per heavy atom. The van der Waals surface area contributed by atoms with E-state index in [4.69, 9.17) is 36.8 Å². The van der Waals surface area contributed by atoms with Crippen molar-refractivity contribution in [1.82, 2.24) is 0 Å². The minimum absolute atomic E-state index is 0. The van der Waals surface area contributed by atoms with E-state index in [1.807, 2.05) is 0 Å². The van der Waals surface area contributed by atoms with E-state index in [0.29, 0.717) is 0 Å². The molecule has 0 saturated heterocycles. The molecule has 0 radical (unpaired) electrons. The summed E-state index contributed by atoms with van der Waals surface area (Å²) in [5.74, 6) is 0. The molecule has 0 aromatic rings. The molecule has 6 heavy (non-hydrogen) atoms. The number of halogens is 4. The first-order chi connectivity index (χ1) is 2.00. The molecule has 0 saturated carbocycles. The van der Waals surface area contributed by atoms with E-state index >= 15 is 0 Å². The Bertz CT molecular complexity index is 23.0. The van der Waals surface area contributed by atoms with E-state index in [2.05, 4.69) is 0 Å². The number of rotatable bonds is 0. The molecule has 0 spiro atoms. The molecular weight excluding hydrogens is 247 g/mol. The maximum absolute atomic E-state index is 5.03. The van der Waals surface area contributed by atoms with Crippen molar-refractivity contribution in [2.45, 2.75) is 0 Å². The summed E-state index contributed by atoms with van der Waals surface area (Å²) in [5.41, 5.74) is 0. The van der Waals surface area contributed by atoms with Crippen LogP contribution in [0.5, 0.6) is 0 Å². The molecule has 0 fully saturated rings. The van der Waals surface area contributed by atoms with Crippen molar-refractivity contribution >= 4 is 36.8 Å². The summed E-state index contributed by atoms with van der Waals surface area (Å²) < 4.78 is 0. The number of hydrogen-bond acceptors (Lipinski definition) is 0. The Morgan fingerprint density at radius 3 is 0.833 bits per heavy atom. The molecule has 0 nitrogen and oxygen atoms in total. The van der Waals surface area contributed by atoms with Gasteiger partial charge in [0.25, 0.3) is 0 Å². The molecule has 0 rings (SSSR count). The van der Waals surface area contributed by atoms with Crippen molar-refractivity contribution in [3.8, 4) is 0 Å². The zero-order valence-electron chi connectivity index (χ0n) is 2.96. The topological polar surface area (TPSA) is 0 Å². The number of hydrogen-bond donors (Lipinski definition) is 0. The average Bonchev–Trinajstić information content (AvgIpc) is 0.722. The van der Waals surface area contributed by atoms with Gasteiger partial charge in [0.1, 0.15) is 0 Å². The molecule has 41 valence electrons. The quantitative estimate of drug-likeness (QED) is 0.457. The molecule has 0 aliphatic rings. The van der Waals surface area contributed by atoms with Crippen LogP contribution in [0.25, 0.3) is 0 Å². The zero-order valence-corrected chi connectivity index (χ0v) is 8.18. The van der Waals surface area contributed by atoms with Crippen LogP contribution in [0.2, 0.25) is 0 Å². The van der Waals surface area contributed by atoms with Crippen molar-refractivity contribution in [3.63, 3.8) is 0 Å². The van der Waals surface area contributed by atoms with E-state index in [9.17, 15) is 0 Å². The zero-order chi connectivity index (χ0) is 4.50. The van der Waals surface area contributed by atoms with Gasteiger partial charge in [-0.1, -0.05) is 0 Å². The van der Waals surface area contributed by atoms with Gasteiger partial charge in [-0.3, -0.25) is 0 Å². The summed E-state index contributed by atoms with van der Waals surface area (Å²) in [6, 6.07) is 0. The van der Waals surface area contributed by atoms with Crippen LogP contribution < -0.4 is 0 Å². The van der Waals surface area contributed by atoms with Crippen LogP contribution in [0, 0.1) is 7.43 Å². The van der Waals surface area contributed by atoms with E-state index in [0.717, 1.165) is 0 Å². The Labute approximate surface area is 56.5 Å². The van der Waals surface area contributed by atoms with Crippen molar-refractivity contribution in [2.75, 3.05) is 0 Å².